The number of nitrogens with one attached hydrogen (secondary N) is 1. The van der Waals surface area contributed by atoms with Crippen molar-refractivity contribution < 1.29 is 19.4 Å². The summed E-state index contributed by atoms with van der Waals surface area (Å²) in [5.41, 5.74) is 2.68. The Bertz CT molecular complexity index is 998. The average molecular weight is 349 g/mol. The smallest absolute Gasteiger partial charge is 0.341 e. The molecule has 2 aromatic carbocycles. The summed E-state index contributed by atoms with van der Waals surface area (Å²) in [7, 11) is 1.46. The lowest BCUT2D eigenvalue weighted by Gasteiger charge is -2.09. The van der Waals surface area contributed by atoms with E-state index in [9.17, 15) is 10.1 Å². The molecule has 0 bridgehead atoms. The highest BCUT2D eigenvalue weighted by Gasteiger charge is 2.10. The van der Waals surface area contributed by atoms with Crippen LogP contribution in [0.2, 0.25) is 0 Å². The van der Waals surface area contributed by atoms with Crippen molar-refractivity contribution in [3.8, 4) is 17.6 Å². The van der Waals surface area contributed by atoms with Gasteiger partial charge in [0.2, 0.25) is 0 Å². The summed E-state index contributed by atoms with van der Waals surface area (Å²) in [6.07, 6.45) is 1.67. The van der Waals surface area contributed by atoms with E-state index in [1.807, 2.05) is 24.3 Å². The molecule has 3 rings (SSSR count). The van der Waals surface area contributed by atoms with E-state index < -0.39 is 12.6 Å². The first-order valence-corrected chi connectivity index (χ1v) is 7.70. The minimum absolute atomic E-state index is 0.314. The van der Waals surface area contributed by atoms with Gasteiger partial charge in [0.1, 0.15) is 11.9 Å². The van der Waals surface area contributed by atoms with Gasteiger partial charge in [0.15, 0.2) is 18.1 Å². The maximum Gasteiger partial charge on any atom is 0.341 e. The fourth-order valence-electron chi connectivity index (χ4n) is 2.43. The molecule has 2 N–H and O–H groups in total. The summed E-state index contributed by atoms with van der Waals surface area (Å²) in [5.74, 6) is 0.0859. The molecule has 0 aliphatic rings. The molecule has 7 nitrogen and oxygen atoms in total. The second-order valence-electron chi connectivity index (χ2n) is 5.37. The van der Waals surface area contributed by atoms with Crippen LogP contribution in [0.25, 0.3) is 22.7 Å². The fraction of sp³-hybridized carbons (Fsp3) is 0.105. The predicted molar refractivity (Wildman–Crippen MR) is 95.7 cm³/mol. The summed E-state index contributed by atoms with van der Waals surface area (Å²) < 4.78 is 10.4. The number of aliphatic carboxylic acids is 1. The zero-order chi connectivity index (χ0) is 18.5. The molecule has 7 heteroatoms. The van der Waals surface area contributed by atoms with Crippen molar-refractivity contribution in [1.29, 1.82) is 5.26 Å². The number of carboxylic acids is 1. The van der Waals surface area contributed by atoms with Gasteiger partial charge < -0.3 is 19.6 Å². The topological polar surface area (TPSA) is 108 Å². The number of imidazole rings is 1. The highest BCUT2D eigenvalue weighted by atomic mass is 16.5. The molecule has 0 amide bonds. The second-order valence-corrected chi connectivity index (χ2v) is 5.37. The van der Waals surface area contributed by atoms with Gasteiger partial charge in [-0.2, -0.15) is 5.26 Å². The monoisotopic (exact) mass is 349 g/mol. The van der Waals surface area contributed by atoms with Crippen LogP contribution in [0.1, 0.15) is 11.4 Å². The minimum atomic E-state index is -1.08. The molecule has 1 aromatic heterocycles. The van der Waals surface area contributed by atoms with Gasteiger partial charge in [0.25, 0.3) is 0 Å². The van der Waals surface area contributed by atoms with Crippen molar-refractivity contribution in [2.24, 2.45) is 0 Å². The van der Waals surface area contributed by atoms with Crippen molar-refractivity contribution in [2.75, 3.05) is 13.7 Å². The number of hydrogen-bond acceptors (Lipinski definition) is 5. The highest BCUT2D eigenvalue weighted by Crippen LogP contribution is 2.29. The minimum Gasteiger partial charge on any atom is -0.493 e. The number of carboxylic acid groups (broad SMARTS) is 1. The molecule has 0 saturated heterocycles. The largest absolute Gasteiger partial charge is 0.493 e. The van der Waals surface area contributed by atoms with Gasteiger partial charge in [0, 0.05) is 0 Å². The van der Waals surface area contributed by atoms with Gasteiger partial charge in [-0.25, -0.2) is 9.78 Å². The summed E-state index contributed by atoms with van der Waals surface area (Å²) in [6, 6.07) is 14.6. The first kappa shape index (κ1) is 17.0. The molecule has 0 aliphatic carbocycles. The van der Waals surface area contributed by atoms with Crippen molar-refractivity contribution in [2.45, 2.75) is 0 Å². The zero-order valence-corrected chi connectivity index (χ0v) is 13.9. The van der Waals surface area contributed by atoms with Crippen LogP contribution in [0.3, 0.4) is 0 Å². The third-order valence-electron chi connectivity index (χ3n) is 3.61. The number of rotatable bonds is 6. The molecule has 0 radical (unpaired) electrons. The number of fused-ring (bicyclic) bond motifs is 1. The number of benzene rings is 2. The predicted octanol–water partition coefficient (Wildman–Crippen LogP) is 3.10. The van der Waals surface area contributed by atoms with Gasteiger partial charge >= 0.3 is 5.97 Å². The van der Waals surface area contributed by atoms with Crippen molar-refractivity contribution in [3.05, 3.63) is 53.9 Å². The number of aromatic amines is 1. The molecule has 0 spiro atoms. The first-order chi connectivity index (χ1) is 12.6. The number of methoxy groups -OCH3 is 1. The Morgan fingerprint density at radius 1 is 1.31 bits per heavy atom. The molecule has 0 fully saturated rings. The van der Waals surface area contributed by atoms with Crippen molar-refractivity contribution in [1.82, 2.24) is 9.97 Å². The van der Waals surface area contributed by atoms with Gasteiger partial charge in [-0.15, -0.1) is 0 Å². The number of allylic oxidation sites excluding steroid dienone is 1. The lowest BCUT2D eigenvalue weighted by Crippen LogP contribution is -2.10. The van der Waals surface area contributed by atoms with Gasteiger partial charge in [-0.05, 0) is 35.9 Å². The number of hydrogen-bond donors (Lipinski definition) is 2. The van der Waals surface area contributed by atoms with E-state index in [0.717, 1.165) is 11.0 Å². The Morgan fingerprint density at radius 3 is 2.81 bits per heavy atom. The SMILES string of the molecule is COc1cc(/C=C(/C#N)c2nc3ccccc3[nH]2)ccc1OCC(=O)O. The Morgan fingerprint density at radius 2 is 2.12 bits per heavy atom. The molecular weight excluding hydrogens is 334 g/mol. The maximum atomic E-state index is 10.6. The molecule has 0 atom stereocenters. The maximum absolute atomic E-state index is 10.6. The quantitative estimate of drug-likeness (QED) is 0.662. The van der Waals surface area contributed by atoms with E-state index in [4.69, 9.17) is 14.6 Å². The van der Waals surface area contributed by atoms with E-state index in [0.29, 0.717) is 28.5 Å². The van der Waals surface area contributed by atoms with E-state index in [2.05, 4.69) is 16.0 Å². The van der Waals surface area contributed by atoms with Crippen LogP contribution < -0.4 is 9.47 Å². The highest BCUT2D eigenvalue weighted by molar-refractivity contribution is 5.90. The normalized spacial score (nSPS) is 11.2. The summed E-state index contributed by atoms with van der Waals surface area (Å²) >= 11 is 0. The first-order valence-electron chi connectivity index (χ1n) is 7.70. The van der Waals surface area contributed by atoms with Crippen LogP contribution in [0.15, 0.2) is 42.5 Å². The number of H-pyrrole nitrogens is 1. The van der Waals surface area contributed by atoms with Crippen LogP contribution in [0.5, 0.6) is 11.5 Å². The van der Waals surface area contributed by atoms with E-state index >= 15 is 0 Å². The molecular formula is C19H15N3O4. The summed E-state index contributed by atoms with van der Waals surface area (Å²) in [6.45, 7) is -0.464. The Labute approximate surface area is 149 Å². The van der Waals surface area contributed by atoms with Crippen LogP contribution in [-0.2, 0) is 4.79 Å². The van der Waals surface area contributed by atoms with Gasteiger partial charge in [-0.1, -0.05) is 18.2 Å². The van der Waals surface area contributed by atoms with E-state index in [-0.39, 0.29) is 0 Å². The van der Waals surface area contributed by atoms with Crippen molar-refractivity contribution >= 4 is 28.7 Å². The summed E-state index contributed by atoms with van der Waals surface area (Å²) in [5, 5.41) is 18.2. The third kappa shape index (κ3) is 3.65. The lowest BCUT2D eigenvalue weighted by molar-refractivity contribution is -0.139. The Kier molecular flexibility index (Phi) is 4.85. The molecule has 0 unspecified atom stereocenters. The zero-order valence-electron chi connectivity index (χ0n) is 13.9. The fourth-order valence-corrected chi connectivity index (χ4v) is 2.43. The number of nitriles is 1. The molecule has 0 aliphatic heterocycles. The number of aromatic nitrogens is 2. The molecule has 1 heterocycles. The Hall–Kier alpha value is -3.79. The lowest BCUT2D eigenvalue weighted by atomic mass is 10.1. The van der Waals surface area contributed by atoms with Crippen LogP contribution in [0, 0.1) is 11.3 Å². The van der Waals surface area contributed by atoms with Crippen LogP contribution >= 0.6 is 0 Å². The molecule has 130 valence electrons. The standard InChI is InChI=1S/C19H15N3O4/c1-25-17-9-12(6-7-16(17)26-11-18(23)24)8-13(10-20)19-21-14-4-2-3-5-15(14)22-19/h2-9H,11H2,1H3,(H,21,22)(H,23,24)/b13-8-. The Balaban J connectivity index is 1.93. The van der Waals surface area contributed by atoms with Gasteiger partial charge in [0.05, 0.1) is 23.7 Å². The number of ether oxygens (including phenoxy) is 2. The third-order valence-corrected chi connectivity index (χ3v) is 3.61. The van der Waals surface area contributed by atoms with Gasteiger partial charge in [-0.3, -0.25) is 0 Å². The van der Waals surface area contributed by atoms with E-state index in [1.165, 1.54) is 7.11 Å². The molecule has 26 heavy (non-hydrogen) atoms. The van der Waals surface area contributed by atoms with E-state index in [1.54, 1.807) is 24.3 Å². The second kappa shape index (κ2) is 7.40. The molecule has 3 aromatic rings. The average Bonchev–Trinajstić information content (AvgIpc) is 3.08. The van der Waals surface area contributed by atoms with Crippen LogP contribution in [-0.4, -0.2) is 34.8 Å². The number of carbonyl (C=O) groups is 1. The number of nitrogens with zero attached hydrogens (tertiary/aromatic N) is 2. The molecule has 0 saturated carbocycles. The van der Waals surface area contributed by atoms with Crippen molar-refractivity contribution in [3.63, 3.8) is 0 Å². The number of para-hydroxylation sites is 2. The van der Waals surface area contributed by atoms with Crippen LogP contribution in [0.4, 0.5) is 0 Å². The summed E-state index contributed by atoms with van der Waals surface area (Å²) in [4.78, 5) is 18.2.